The van der Waals surface area contributed by atoms with Gasteiger partial charge in [-0.05, 0) is 18.2 Å². The Labute approximate surface area is 145 Å². The molecule has 126 valence electrons. The summed E-state index contributed by atoms with van der Waals surface area (Å²) in [6, 6.07) is 13.7. The highest BCUT2D eigenvalue weighted by Gasteiger charge is 2.16. The highest BCUT2D eigenvalue weighted by Crippen LogP contribution is 2.24. The highest BCUT2D eigenvalue weighted by atomic mass is 16.5. The molecule has 0 atom stereocenters. The Morgan fingerprint density at radius 2 is 1.88 bits per heavy atom. The molecule has 1 aliphatic heterocycles. The van der Waals surface area contributed by atoms with Crippen molar-refractivity contribution >= 4 is 17.6 Å². The lowest BCUT2D eigenvalue weighted by Gasteiger charge is -2.25. The Balaban J connectivity index is 1.72. The van der Waals surface area contributed by atoms with E-state index < -0.39 is 0 Å². The van der Waals surface area contributed by atoms with Crippen molar-refractivity contribution < 1.29 is 9.53 Å². The first-order chi connectivity index (χ1) is 12.3. The lowest BCUT2D eigenvalue weighted by Crippen LogP contribution is -2.39. The van der Waals surface area contributed by atoms with Crippen LogP contribution in [0.5, 0.6) is 0 Å². The molecule has 0 unspecified atom stereocenters. The third-order valence-corrected chi connectivity index (χ3v) is 4.18. The average Bonchev–Trinajstić information content (AvgIpc) is 3.06. The number of aromatic nitrogens is 3. The zero-order chi connectivity index (χ0) is 17.1. The second kappa shape index (κ2) is 6.86. The molecule has 1 saturated heterocycles. The molecule has 2 aromatic heterocycles. The first kappa shape index (κ1) is 15.5. The summed E-state index contributed by atoms with van der Waals surface area (Å²) in [7, 11) is 0. The summed E-state index contributed by atoms with van der Waals surface area (Å²) in [6.45, 7) is 2.43. The van der Waals surface area contributed by atoms with E-state index in [9.17, 15) is 4.79 Å². The maximum Gasteiger partial charge on any atom is 0.246 e. The number of hydrogen-bond donors (Lipinski definition) is 0. The number of nitrogens with zero attached hydrogens (tertiary/aromatic N) is 4. The molecule has 1 fully saturated rings. The zero-order valence-electron chi connectivity index (χ0n) is 13.7. The fraction of sp³-hybridized carbons (Fsp3) is 0.211. The molecular weight excluding hydrogens is 316 g/mol. The number of imidazole rings is 1. The van der Waals surface area contributed by atoms with E-state index in [1.807, 2.05) is 42.5 Å². The van der Waals surface area contributed by atoms with Crippen LogP contribution in [0.25, 0.3) is 23.0 Å². The minimum atomic E-state index is -0.0202. The van der Waals surface area contributed by atoms with Crippen molar-refractivity contribution in [3.8, 4) is 11.3 Å². The molecular formula is C19H18N4O2. The average molecular weight is 334 g/mol. The van der Waals surface area contributed by atoms with Gasteiger partial charge in [0.2, 0.25) is 5.91 Å². The molecule has 1 aromatic carbocycles. The molecule has 0 bridgehead atoms. The van der Waals surface area contributed by atoms with Crippen LogP contribution >= 0.6 is 0 Å². The number of carbonyl (C=O) groups excluding carboxylic acids is 1. The molecule has 0 aliphatic carbocycles. The number of rotatable bonds is 3. The van der Waals surface area contributed by atoms with Gasteiger partial charge >= 0.3 is 0 Å². The van der Waals surface area contributed by atoms with Gasteiger partial charge in [-0.1, -0.05) is 30.3 Å². The van der Waals surface area contributed by atoms with Gasteiger partial charge in [-0.15, -0.1) is 0 Å². The number of hydrogen-bond acceptors (Lipinski definition) is 4. The second-order valence-corrected chi connectivity index (χ2v) is 5.78. The molecule has 6 nitrogen and oxygen atoms in total. The molecule has 1 aliphatic rings. The molecule has 3 aromatic rings. The van der Waals surface area contributed by atoms with Crippen molar-refractivity contribution in [3.63, 3.8) is 0 Å². The maximum atomic E-state index is 12.4. The Morgan fingerprint density at radius 1 is 1.08 bits per heavy atom. The molecule has 0 radical (unpaired) electrons. The Hall–Kier alpha value is -2.99. The van der Waals surface area contributed by atoms with Crippen LogP contribution in [0.15, 0.2) is 54.7 Å². The number of amides is 1. The van der Waals surface area contributed by atoms with Crippen LogP contribution in [-0.2, 0) is 9.53 Å². The fourth-order valence-corrected chi connectivity index (χ4v) is 2.90. The minimum absolute atomic E-state index is 0.0202. The molecule has 0 saturated carbocycles. The normalized spacial score (nSPS) is 15.1. The molecule has 4 rings (SSSR count). The predicted molar refractivity (Wildman–Crippen MR) is 94.9 cm³/mol. The van der Waals surface area contributed by atoms with E-state index in [1.165, 1.54) is 0 Å². The van der Waals surface area contributed by atoms with E-state index in [0.29, 0.717) is 26.3 Å². The Kier molecular flexibility index (Phi) is 4.26. The summed E-state index contributed by atoms with van der Waals surface area (Å²) < 4.78 is 7.05. The van der Waals surface area contributed by atoms with Gasteiger partial charge in [0.1, 0.15) is 0 Å². The van der Waals surface area contributed by atoms with Crippen molar-refractivity contribution in [3.05, 3.63) is 60.4 Å². The second-order valence-electron chi connectivity index (χ2n) is 5.78. The number of ether oxygens (including phenoxy) is 1. The molecule has 6 heteroatoms. The van der Waals surface area contributed by atoms with Gasteiger partial charge < -0.3 is 9.64 Å². The predicted octanol–water partition coefficient (Wildman–Crippen LogP) is 2.27. The van der Waals surface area contributed by atoms with Gasteiger partial charge in [0.15, 0.2) is 5.65 Å². The van der Waals surface area contributed by atoms with E-state index in [-0.39, 0.29) is 5.91 Å². The molecule has 0 spiro atoms. The number of carbonyl (C=O) groups is 1. The van der Waals surface area contributed by atoms with E-state index in [4.69, 9.17) is 4.74 Å². The van der Waals surface area contributed by atoms with E-state index in [1.54, 1.807) is 27.8 Å². The van der Waals surface area contributed by atoms with Crippen LogP contribution < -0.4 is 0 Å². The van der Waals surface area contributed by atoms with Gasteiger partial charge in [0.25, 0.3) is 0 Å². The molecule has 25 heavy (non-hydrogen) atoms. The Morgan fingerprint density at radius 3 is 2.68 bits per heavy atom. The minimum Gasteiger partial charge on any atom is -0.378 e. The fourth-order valence-electron chi connectivity index (χ4n) is 2.90. The van der Waals surface area contributed by atoms with Crippen LogP contribution in [0.2, 0.25) is 0 Å². The largest absolute Gasteiger partial charge is 0.378 e. The van der Waals surface area contributed by atoms with Crippen molar-refractivity contribution in [1.82, 2.24) is 19.5 Å². The SMILES string of the molecule is O=C(/C=C/c1c(-c2ccccc2)nc2cccnn12)N1CCOCC1. The summed E-state index contributed by atoms with van der Waals surface area (Å²) in [5.41, 5.74) is 3.35. The van der Waals surface area contributed by atoms with Crippen molar-refractivity contribution in [2.24, 2.45) is 0 Å². The molecule has 3 heterocycles. The maximum absolute atomic E-state index is 12.4. The topological polar surface area (TPSA) is 59.7 Å². The van der Waals surface area contributed by atoms with Crippen molar-refractivity contribution in [1.29, 1.82) is 0 Å². The smallest absolute Gasteiger partial charge is 0.246 e. The van der Waals surface area contributed by atoms with E-state index >= 15 is 0 Å². The van der Waals surface area contributed by atoms with Gasteiger partial charge in [-0.25, -0.2) is 9.50 Å². The van der Waals surface area contributed by atoms with Crippen LogP contribution in [-0.4, -0.2) is 51.7 Å². The van der Waals surface area contributed by atoms with Crippen LogP contribution in [0.3, 0.4) is 0 Å². The number of morpholine rings is 1. The van der Waals surface area contributed by atoms with Gasteiger partial charge in [0.05, 0.1) is 24.6 Å². The standard InChI is InChI=1S/C19H18N4O2/c24-18(22-11-13-25-14-12-22)9-8-16-19(15-5-2-1-3-6-15)21-17-7-4-10-20-23(16)17/h1-10H,11-14H2/b9-8+. The summed E-state index contributed by atoms with van der Waals surface area (Å²) in [6.07, 6.45) is 5.10. The molecule has 1 amide bonds. The van der Waals surface area contributed by atoms with Crippen molar-refractivity contribution in [2.45, 2.75) is 0 Å². The molecule has 0 N–H and O–H groups in total. The highest BCUT2D eigenvalue weighted by molar-refractivity contribution is 5.93. The first-order valence-electron chi connectivity index (χ1n) is 8.27. The van der Waals surface area contributed by atoms with Gasteiger partial charge in [-0.2, -0.15) is 5.10 Å². The monoisotopic (exact) mass is 334 g/mol. The number of benzene rings is 1. The van der Waals surface area contributed by atoms with Crippen LogP contribution in [0, 0.1) is 0 Å². The van der Waals surface area contributed by atoms with Crippen molar-refractivity contribution in [2.75, 3.05) is 26.3 Å². The lowest BCUT2D eigenvalue weighted by atomic mass is 10.1. The van der Waals surface area contributed by atoms with Gasteiger partial charge in [-0.3, -0.25) is 4.79 Å². The summed E-state index contributed by atoms with van der Waals surface area (Å²) in [4.78, 5) is 18.9. The first-order valence-corrected chi connectivity index (χ1v) is 8.27. The number of fused-ring (bicyclic) bond motifs is 1. The summed E-state index contributed by atoms with van der Waals surface area (Å²) in [5.74, 6) is -0.0202. The summed E-state index contributed by atoms with van der Waals surface area (Å²) in [5, 5.41) is 4.38. The van der Waals surface area contributed by atoms with E-state index in [0.717, 1.165) is 22.6 Å². The van der Waals surface area contributed by atoms with Crippen LogP contribution in [0.1, 0.15) is 5.69 Å². The van der Waals surface area contributed by atoms with E-state index in [2.05, 4.69) is 10.1 Å². The third-order valence-electron chi connectivity index (χ3n) is 4.18. The summed E-state index contributed by atoms with van der Waals surface area (Å²) >= 11 is 0. The van der Waals surface area contributed by atoms with Gasteiger partial charge in [0, 0.05) is 30.9 Å². The van der Waals surface area contributed by atoms with Crippen LogP contribution in [0.4, 0.5) is 0 Å². The zero-order valence-corrected chi connectivity index (χ0v) is 13.7. The lowest BCUT2D eigenvalue weighted by molar-refractivity contribution is -0.129. The third kappa shape index (κ3) is 3.16. The quantitative estimate of drug-likeness (QED) is 0.690. The Bertz CT molecular complexity index is 912.